The van der Waals surface area contributed by atoms with Gasteiger partial charge in [-0.15, -0.1) is 11.3 Å². The van der Waals surface area contributed by atoms with Gasteiger partial charge in [0.2, 0.25) is 0 Å². The number of sulfonamides is 1. The summed E-state index contributed by atoms with van der Waals surface area (Å²) < 4.78 is 50.7. The van der Waals surface area contributed by atoms with Crippen molar-refractivity contribution in [2.24, 2.45) is 0 Å². The van der Waals surface area contributed by atoms with Crippen molar-refractivity contribution in [2.75, 3.05) is 25.1 Å². The van der Waals surface area contributed by atoms with Crippen molar-refractivity contribution in [1.82, 2.24) is 10.0 Å². The van der Waals surface area contributed by atoms with Gasteiger partial charge in [-0.1, -0.05) is 0 Å². The van der Waals surface area contributed by atoms with Gasteiger partial charge in [0.15, 0.2) is 9.84 Å². The van der Waals surface area contributed by atoms with Gasteiger partial charge >= 0.3 is 0 Å². The van der Waals surface area contributed by atoms with Crippen LogP contribution in [0, 0.1) is 0 Å². The summed E-state index contributed by atoms with van der Waals surface area (Å²) in [6.45, 7) is 2.42. The van der Waals surface area contributed by atoms with E-state index in [-0.39, 0.29) is 15.7 Å². The molecule has 6 nitrogen and oxygen atoms in total. The Bertz CT molecular complexity index is 709. The van der Waals surface area contributed by atoms with Crippen molar-refractivity contribution in [3.63, 3.8) is 0 Å². The normalized spacial score (nSPS) is 25.2. The van der Waals surface area contributed by atoms with Gasteiger partial charge in [0.25, 0.3) is 10.0 Å². The molecule has 1 atom stereocenters. The molecule has 1 aliphatic heterocycles. The Hall–Kier alpha value is -0.480. The number of sulfone groups is 1. The van der Waals surface area contributed by atoms with Crippen LogP contribution in [0.4, 0.5) is 0 Å². The van der Waals surface area contributed by atoms with Gasteiger partial charge < -0.3 is 5.32 Å². The first-order chi connectivity index (χ1) is 9.66. The highest BCUT2D eigenvalue weighted by Crippen LogP contribution is 2.28. The van der Waals surface area contributed by atoms with Crippen LogP contribution in [0.3, 0.4) is 0 Å². The number of likely N-dealkylation sites (N-methyl/N-ethyl adjacent to an activating group) is 1. The van der Waals surface area contributed by atoms with Crippen LogP contribution >= 0.6 is 11.3 Å². The van der Waals surface area contributed by atoms with Crippen molar-refractivity contribution in [2.45, 2.75) is 29.5 Å². The molecule has 1 saturated heterocycles. The summed E-state index contributed by atoms with van der Waals surface area (Å²) in [4.78, 5) is 0.980. The average Bonchev–Trinajstić information content (AvgIpc) is 2.91. The van der Waals surface area contributed by atoms with Crippen LogP contribution in [0.25, 0.3) is 0 Å². The third-order valence-electron chi connectivity index (χ3n) is 3.41. The Morgan fingerprint density at radius 1 is 1.38 bits per heavy atom. The predicted molar refractivity (Wildman–Crippen MR) is 83.9 cm³/mol. The highest BCUT2D eigenvalue weighted by molar-refractivity contribution is 7.92. The van der Waals surface area contributed by atoms with Crippen LogP contribution in [-0.2, 0) is 26.3 Å². The molecule has 0 aromatic carbocycles. The minimum absolute atomic E-state index is 0.0316. The summed E-state index contributed by atoms with van der Waals surface area (Å²) in [6, 6.07) is 3.37. The van der Waals surface area contributed by atoms with Gasteiger partial charge in [-0.3, -0.25) is 0 Å². The third kappa shape index (κ3) is 4.26. The van der Waals surface area contributed by atoms with E-state index in [1.165, 1.54) is 11.3 Å². The minimum Gasteiger partial charge on any atom is -0.319 e. The Morgan fingerprint density at radius 3 is 2.67 bits per heavy atom. The van der Waals surface area contributed by atoms with E-state index in [9.17, 15) is 16.8 Å². The van der Waals surface area contributed by atoms with E-state index in [1.807, 2.05) is 7.05 Å². The van der Waals surface area contributed by atoms with E-state index in [0.717, 1.165) is 17.8 Å². The largest absolute Gasteiger partial charge is 0.319 e. The molecule has 1 aromatic rings. The van der Waals surface area contributed by atoms with Gasteiger partial charge in [0.05, 0.1) is 11.5 Å². The Kier molecular flexibility index (Phi) is 4.79. The second-order valence-corrected chi connectivity index (χ2v) is 10.8. The molecular weight excluding hydrogens is 332 g/mol. The lowest BCUT2D eigenvalue weighted by Gasteiger charge is -2.22. The van der Waals surface area contributed by atoms with Crippen molar-refractivity contribution in [3.8, 4) is 0 Å². The molecule has 0 radical (unpaired) electrons. The van der Waals surface area contributed by atoms with Crippen LogP contribution in [-0.4, -0.2) is 47.5 Å². The van der Waals surface area contributed by atoms with Crippen molar-refractivity contribution in [1.29, 1.82) is 0 Å². The molecule has 0 bridgehead atoms. The summed E-state index contributed by atoms with van der Waals surface area (Å²) in [5.41, 5.74) is -0.910. The maximum Gasteiger partial charge on any atom is 0.250 e. The van der Waals surface area contributed by atoms with Gasteiger partial charge in [0.1, 0.15) is 4.21 Å². The molecular formula is C12H20N2O4S3. The Labute approximate surface area is 129 Å². The van der Waals surface area contributed by atoms with E-state index in [2.05, 4.69) is 10.0 Å². The standard InChI is InChI=1S/C12H20N2O4S3/c1-12(6-8-20(15,16)9-12)14-21(17,18)11-4-3-10(19-11)5-7-13-2/h3-4,13-14H,5-9H2,1-2H3. The summed E-state index contributed by atoms with van der Waals surface area (Å²) in [5, 5.41) is 3.01. The van der Waals surface area contributed by atoms with Crippen LogP contribution in [0.1, 0.15) is 18.2 Å². The average molecular weight is 353 g/mol. The lowest BCUT2D eigenvalue weighted by Crippen LogP contribution is -2.46. The number of nitrogens with one attached hydrogen (secondary N) is 2. The molecule has 0 aliphatic carbocycles. The van der Waals surface area contributed by atoms with E-state index < -0.39 is 25.4 Å². The first-order valence-electron chi connectivity index (χ1n) is 6.64. The second kappa shape index (κ2) is 5.96. The lowest BCUT2D eigenvalue weighted by atomic mass is 10.0. The molecule has 0 amide bonds. The summed E-state index contributed by atoms with van der Waals surface area (Å²) >= 11 is 1.22. The monoisotopic (exact) mass is 352 g/mol. The summed E-state index contributed by atoms with van der Waals surface area (Å²) in [6.07, 6.45) is 1.08. The first kappa shape index (κ1) is 16.9. The lowest BCUT2D eigenvalue weighted by molar-refractivity contribution is 0.462. The van der Waals surface area contributed by atoms with Crippen molar-refractivity contribution < 1.29 is 16.8 Å². The number of hydrogen-bond donors (Lipinski definition) is 2. The van der Waals surface area contributed by atoms with Gasteiger partial charge in [-0.2, -0.15) is 0 Å². The van der Waals surface area contributed by atoms with Crippen LogP contribution < -0.4 is 10.0 Å². The third-order valence-corrected chi connectivity index (χ3v) is 8.59. The molecule has 9 heteroatoms. The zero-order valence-corrected chi connectivity index (χ0v) is 14.5. The van der Waals surface area contributed by atoms with Gasteiger partial charge in [-0.25, -0.2) is 21.6 Å². The fourth-order valence-corrected chi connectivity index (χ4v) is 7.33. The molecule has 1 aliphatic rings. The van der Waals surface area contributed by atoms with E-state index in [4.69, 9.17) is 0 Å². The fraction of sp³-hybridized carbons (Fsp3) is 0.667. The topological polar surface area (TPSA) is 92.3 Å². The SMILES string of the molecule is CNCCc1ccc(S(=O)(=O)NC2(C)CCS(=O)(=O)C2)s1. The molecule has 0 saturated carbocycles. The second-order valence-electron chi connectivity index (χ2n) is 5.58. The summed E-state index contributed by atoms with van der Waals surface area (Å²) in [7, 11) is -4.98. The molecule has 1 aromatic heterocycles. The zero-order chi connectivity index (χ0) is 15.7. The predicted octanol–water partition coefficient (Wildman–Crippen LogP) is 0.365. The first-order valence-corrected chi connectivity index (χ1v) is 10.8. The molecule has 2 N–H and O–H groups in total. The highest BCUT2D eigenvalue weighted by Gasteiger charge is 2.41. The van der Waals surface area contributed by atoms with Crippen molar-refractivity contribution >= 4 is 31.2 Å². The molecule has 2 heterocycles. The van der Waals surface area contributed by atoms with Crippen LogP contribution in [0.2, 0.25) is 0 Å². The van der Waals surface area contributed by atoms with Gasteiger partial charge in [-0.05, 0) is 45.5 Å². The molecule has 0 spiro atoms. The molecule has 2 rings (SSSR count). The Balaban J connectivity index is 2.13. The number of thiophene rings is 1. The van der Waals surface area contributed by atoms with Gasteiger partial charge in [0, 0.05) is 10.4 Å². The zero-order valence-electron chi connectivity index (χ0n) is 12.0. The van der Waals surface area contributed by atoms with E-state index in [0.29, 0.717) is 6.42 Å². The minimum atomic E-state index is -3.67. The van der Waals surface area contributed by atoms with Crippen LogP contribution in [0.15, 0.2) is 16.3 Å². The molecule has 120 valence electrons. The number of rotatable bonds is 6. The van der Waals surface area contributed by atoms with E-state index in [1.54, 1.807) is 19.1 Å². The quantitative estimate of drug-likeness (QED) is 0.771. The van der Waals surface area contributed by atoms with E-state index >= 15 is 0 Å². The van der Waals surface area contributed by atoms with Crippen LogP contribution in [0.5, 0.6) is 0 Å². The summed E-state index contributed by atoms with van der Waals surface area (Å²) in [5.74, 6) is -0.110. The Morgan fingerprint density at radius 2 is 2.10 bits per heavy atom. The molecule has 1 unspecified atom stereocenters. The van der Waals surface area contributed by atoms with Crippen molar-refractivity contribution in [3.05, 3.63) is 17.0 Å². The highest BCUT2D eigenvalue weighted by atomic mass is 32.2. The number of hydrogen-bond acceptors (Lipinski definition) is 6. The maximum atomic E-state index is 12.4. The molecule has 21 heavy (non-hydrogen) atoms. The maximum absolute atomic E-state index is 12.4. The molecule has 1 fully saturated rings. The fourth-order valence-electron chi connectivity index (χ4n) is 2.35. The smallest absolute Gasteiger partial charge is 0.250 e.